The van der Waals surface area contributed by atoms with E-state index in [0.717, 1.165) is 25.2 Å². The van der Waals surface area contributed by atoms with Crippen molar-refractivity contribution in [3.63, 3.8) is 0 Å². The molecule has 0 saturated carbocycles. The third-order valence-corrected chi connectivity index (χ3v) is 7.75. The van der Waals surface area contributed by atoms with E-state index < -0.39 is 23.2 Å². The molecule has 186 valence electrons. The van der Waals surface area contributed by atoms with Crippen molar-refractivity contribution >= 4 is 86.2 Å². The summed E-state index contributed by atoms with van der Waals surface area (Å²) >= 11 is 12.5. The van der Waals surface area contributed by atoms with Crippen LogP contribution in [0.25, 0.3) is 0 Å². The maximum atomic E-state index is 13.4. The number of halogens is 3. The highest BCUT2D eigenvalue weighted by Gasteiger charge is 2.25. The Morgan fingerprint density at radius 1 is 1.14 bits per heavy atom. The van der Waals surface area contributed by atoms with E-state index in [1.165, 1.54) is 0 Å². The van der Waals surface area contributed by atoms with Gasteiger partial charge >= 0.3 is 0 Å². The van der Waals surface area contributed by atoms with E-state index in [9.17, 15) is 13.6 Å². The maximum absolute atomic E-state index is 13.4. The van der Waals surface area contributed by atoms with Crippen LogP contribution in [0, 0.1) is 3.57 Å². The zero-order valence-corrected chi connectivity index (χ0v) is 24.0. The molecule has 3 aromatic carbocycles. The van der Waals surface area contributed by atoms with Gasteiger partial charge in [-0.05, 0) is 71.0 Å². The third-order valence-electron chi connectivity index (χ3n) is 5.29. The summed E-state index contributed by atoms with van der Waals surface area (Å²) in [5, 5.41) is 3.80. The van der Waals surface area contributed by atoms with Crippen LogP contribution < -0.4 is 9.62 Å². The second kappa shape index (κ2) is 12.0. The van der Waals surface area contributed by atoms with Gasteiger partial charge in [-0.2, -0.15) is 8.75 Å². The van der Waals surface area contributed by atoms with Crippen LogP contribution in [0.1, 0.15) is 40.1 Å². The van der Waals surface area contributed by atoms with Crippen molar-refractivity contribution in [3.8, 4) is 0 Å². The predicted molar refractivity (Wildman–Crippen MR) is 152 cm³/mol. The Hall–Kier alpha value is -2.09. The lowest BCUT2D eigenvalue weighted by Crippen LogP contribution is -2.30. The highest BCUT2D eigenvalue weighted by molar-refractivity contribution is 14.1. The first kappa shape index (κ1) is 27.0. The number of carbonyl (C=O) groups excluding carboxylic acids is 1. The van der Waals surface area contributed by atoms with Gasteiger partial charge in [-0.1, -0.05) is 59.6 Å². The van der Waals surface area contributed by atoms with Gasteiger partial charge in [0, 0.05) is 20.0 Å². The summed E-state index contributed by atoms with van der Waals surface area (Å²) in [5.41, 5.74) is 2.46. The third kappa shape index (κ3) is 6.24. The molecule has 2 unspecified atom stereocenters. The van der Waals surface area contributed by atoms with Gasteiger partial charge < -0.3 is 9.87 Å². The Morgan fingerprint density at radius 3 is 2.58 bits per heavy atom. The molecule has 12 heteroatoms. The monoisotopic (exact) mass is 671 g/mol. The molecule has 7 nitrogen and oxygen atoms in total. The summed E-state index contributed by atoms with van der Waals surface area (Å²) in [4.78, 5) is 13.4. The van der Waals surface area contributed by atoms with E-state index in [1.807, 2.05) is 30.3 Å². The number of aromatic nitrogens is 2. The number of carbonyl (C=O) groups is 1. The zero-order valence-electron chi connectivity index (χ0n) is 18.7. The highest BCUT2D eigenvalue weighted by Crippen LogP contribution is 2.34. The molecular formula is C24H18Cl2IN4O3S2-. The Balaban J connectivity index is 1.70. The van der Waals surface area contributed by atoms with Crippen molar-refractivity contribution in [2.45, 2.75) is 19.4 Å². The average molecular weight is 672 g/mol. The zero-order chi connectivity index (χ0) is 25.8. The van der Waals surface area contributed by atoms with Crippen molar-refractivity contribution in [1.29, 1.82) is 0 Å². The van der Waals surface area contributed by atoms with Gasteiger partial charge in [0.1, 0.15) is 5.69 Å². The first-order valence-corrected chi connectivity index (χ1v) is 14.1. The SMILES string of the molecule is CC(NC(=O)c1ccc(I)cc1N(c1nsnc1Cc1ccccc1)S(=O)[O-])c1ccc(Cl)cc1Cl. The van der Waals surface area contributed by atoms with Crippen LogP contribution in [-0.4, -0.2) is 23.4 Å². The molecule has 0 aliphatic carbocycles. The quantitative estimate of drug-likeness (QED) is 0.171. The molecule has 1 aromatic heterocycles. The van der Waals surface area contributed by atoms with Crippen molar-refractivity contribution in [2.75, 3.05) is 4.31 Å². The van der Waals surface area contributed by atoms with Crippen LogP contribution in [0.4, 0.5) is 11.5 Å². The van der Waals surface area contributed by atoms with Crippen LogP contribution in [0.5, 0.6) is 0 Å². The van der Waals surface area contributed by atoms with Crippen LogP contribution in [-0.2, 0) is 17.7 Å². The second-order valence-corrected chi connectivity index (χ2v) is 11.1. The maximum Gasteiger partial charge on any atom is 0.253 e. The van der Waals surface area contributed by atoms with Gasteiger partial charge in [0.05, 0.1) is 40.3 Å². The molecule has 0 radical (unpaired) electrons. The molecule has 36 heavy (non-hydrogen) atoms. The van der Waals surface area contributed by atoms with Crippen molar-refractivity contribution in [2.24, 2.45) is 0 Å². The molecule has 0 spiro atoms. The highest BCUT2D eigenvalue weighted by atomic mass is 127. The second-order valence-electron chi connectivity index (χ2n) is 7.73. The summed E-state index contributed by atoms with van der Waals surface area (Å²) in [6.45, 7) is 1.78. The van der Waals surface area contributed by atoms with Crippen LogP contribution in [0.2, 0.25) is 10.0 Å². The lowest BCUT2D eigenvalue weighted by molar-refractivity contribution is 0.0940. The number of anilines is 2. The van der Waals surface area contributed by atoms with Crippen molar-refractivity contribution in [3.05, 3.63) is 103 Å². The topological polar surface area (TPSA) is 98.2 Å². The summed E-state index contributed by atoms with van der Waals surface area (Å²) in [5.74, 6) is -0.315. The molecular weight excluding hydrogens is 654 g/mol. The number of amides is 1. The number of hydrogen-bond acceptors (Lipinski definition) is 6. The Bertz CT molecular complexity index is 1420. The fourth-order valence-electron chi connectivity index (χ4n) is 3.59. The minimum Gasteiger partial charge on any atom is -0.755 e. The predicted octanol–water partition coefficient (Wildman–Crippen LogP) is 6.46. The lowest BCUT2D eigenvalue weighted by Gasteiger charge is -2.27. The largest absolute Gasteiger partial charge is 0.755 e. The van der Waals surface area contributed by atoms with Gasteiger partial charge in [0.15, 0.2) is 5.82 Å². The van der Waals surface area contributed by atoms with Crippen LogP contribution in [0.15, 0.2) is 66.7 Å². The normalized spacial score (nSPS) is 12.7. The smallest absolute Gasteiger partial charge is 0.253 e. The summed E-state index contributed by atoms with van der Waals surface area (Å²) in [6, 6.07) is 19.0. The molecule has 0 fully saturated rings. The number of benzene rings is 3. The van der Waals surface area contributed by atoms with E-state index >= 15 is 0 Å². The van der Waals surface area contributed by atoms with Gasteiger partial charge in [0.2, 0.25) is 0 Å². The molecule has 0 bridgehead atoms. The molecule has 4 aromatic rings. The molecule has 1 amide bonds. The average Bonchev–Trinajstić information content (AvgIpc) is 3.27. The number of nitrogens with one attached hydrogen (secondary N) is 1. The Labute approximate surface area is 238 Å². The summed E-state index contributed by atoms with van der Waals surface area (Å²) < 4.78 is 35.4. The number of rotatable bonds is 8. The standard InChI is InChI=1S/C24H19Cl2IN4O3S2/c1-14(18-9-7-16(25)12-20(18)26)28-24(32)19-10-8-17(27)13-22(19)31(36(33)34)23-21(29-35-30-23)11-15-5-3-2-4-6-15/h2-10,12-14H,11H2,1H3,(H,28,32)(H,33,34)/p-1. The van der Waals surface area contributed by atoms with Gasteiger partial charge in [-0.25, -0.2) is 0 Å². The number of hydrogen-bond donors (Lipinski definition) is 1. The number of nitrogens with zero attached hydrogens (tertiary/aromatic N) is 3. The fraction of sp³-hybridized carbons (Fsp3) is 0.125. The van der Waals surface area contributed by atoms with E-state index in [1.54, 1.807) is 43.3 Å². The first-order chi connectivity index (χ1) is 17.2. The fourth-order valence-corrected chi connectivity index (χ4v) is 5.84. The molecule has 1 N–H and O–H groups in total. The molecule has 0 aliphatic rings. The van der Waals surface area contributed by atoms with E-state index in [4.69, 9.17) is 23.2 Å². The molecule has 0 aliphatic heterocycles. The van der Waals surface area contributed by atoms with Crippen molar-refractivity contribution in [1.82, 2.24) is 14.1 Å². The Morgan fingerprint density at radius 2 is 1.89 bits per heavy atom. The molecule has 0 saturated heterocycles. The molecule has 4 rings (SSSR count). The minimum absolute atomic E-state index is 0.155. The van der Waals surface area contributed by atoms with E-state index in [2.05, 4.69) is 36.7 Å². The summed E-state index contributed by atoms with van der Waals surface area (Å²) in [6.07, 6.45) is 0.387. The van der Waals surface area contributed by atoms with Gasteiger partial charge in [-0.3, -0.25) is 13.3 Å². The Kier molecular flexibility index (Phi) is 8.96. The van der Waals surface area contributed by atoms with E-state index in [0.29, 0.717) is 27.7 Å². The minimum atomic E-state index is -2.77. The first-order valence-electron chi connectivity index (χ1n) is 10.5. The van der Waals surface area contributed by atoms with Gasteiger partial charge in [-0.15, -0.1) is 0 Å². The summed E-state index contributed by atoms with van der Waals surface area (Å²) in [7, 11) is 0. The van der Waals surface area contributed by atoms with Crippen LogP contribution in [0.3, 0.4) is 0 Å². The molecule has 1 heterocycles. The van der Waals surface area contributed by atoms with Crippen molar-refractivity contribution < 1.29 is 13.6 Å². The van der Waals surface area contributed by atoms with E-state index in [-0.39, 0.29) is 17.1 Å². The van der Waals surface area contributed by atoms with Crippen LogP contribution >= 0.6 is 57.5 Å². The van der Waals surface area contributed by atoms with Gasteiger partial charge in [0.25, 0.3) is 5.91 Å². The molecule has 2 atom stereocenters. The lowest BCUT2D eigenvalue weighted by atomic mass is 10.1.